The van der Waals surface area contributed by atoms with E-state index in [-0.39, 0.29) is 18.0 Å². The van der Waals surface area contributed by atoms with Crippen LogP contribution in [-0.4, -0.2) is 29.1 Å². The minimum Gasteiger partial charge on any atom is -0.490 e. The van der Waals surface area contributed by atoms with Crippen molar-refractivity contribution in [2.75, 3.05) is 13.2 Å². The van der Waals surface area contributed by atoms with Gasteiger partial charge >= 0.3 is 0 Å². The third-order valence-electron chi connectivity index (χ3n) is 5.35. The topological polar surface area (TPSA) is 78.9 Å². The molecule has 0 saturated carbocycles. The smallest absolute Gasteiger partial charge is 0.282 e. The van der Waals surface area contributed by atoms with Gasteiger partial charge in [0.25, 0.3) is 5.56 Å². The van der Waals surface area contributed by atoms with Gasteiger partial charge < -0.3 is 13.9 Å². The molecule has 0 aliphatic rings. The minimum atomic E-state index is -0.329. The molecule has 5 aromatic rings. The number of para-hydroxylation sites is 1. The van der Waals surface area contributed by atoms with Crippen LogP contribution >= 0.6 is 11.6 Å². The van der Waals surface area contributed by atoms with E-state index in [2.05, 4.69) is 11.0 Å². The lowest BCUT2D eigenvalue weighted by Gasteiger charge is -2.11. The molecule has 0 bridgehead atoms. The van der Waals surface area contributed by atoms with Gasteiger partial charge in [0.05, 0.1) is 23.7 Å². The normalized spacial score (nSPS) is 11.2. The molecule has 5 rings (SSSR count). The number of ether oxygens (including phenoxy) is 2. The maximum Gasteiger partial charge on any atom is 0.282 e. The lowest BCUT2D eigenvalue weighted by molar-refractivity contribution is 0.299. The molecular weight excluding hydrogens is 478 g/mol. The van der Waals surface area contributed by atoms with Crippen molar-refractivity contribution in [1.82, 2.24) is 9.66 Å². The highest BCUT2D eigenvalue weighted by atomic mass is 35.5. The van der Waals surface area contributed by atoms with Gasteiger partial charge in [0.1, 0.15) is 12.2 Å². The fourth-order valence-electron chi connectivity index (χ4n) is 3.75. The number of nitrogens with zero attached hydrogens (tertiary/aromatic N) is 3. The highest BCUT2D eigenvalue weighted by Gasteiger charge is 2.16. The molecule has 0 fully saturated rings. The van der Waals surface area contributed by atoms with Crippen LogP contribution in [0.25, 0.3) is 33.5 Å². The van der Waals surface area contributed by atoms with Crippen LogP contribution in [0.4, 0.5) is 0 Å². The summed E-state index contributed by atoms with van der Waals surface area (Å²) in [5.41, 5.74) is 1.52. The fraction of sp³-hybridized carbons (Fsp3) is 0.107. The third-order valence-corrected chi connectivity index (χ3v) is 5.59. The standard InChI is InChI=1S/C28H20ClN3O4/c1-3-13-35-24-11-9-18(14-25(24)34-4-2)17-30-32-27(31-22-8-6-5-7-21(22)28(32)33)26-16-19-15-20(29)10-12-23(19)36-26/h1,5-12,14-17H,4,13H2,2H3. The highest BCUT2D eigenvalue weighted by molar-refractivity contribution is 6.31. The number of fused-ring (bicyclic) bond motifs is 2. The van der Waals surface area contributed by atoms with E-state index < -0.39 is 0 Å². The Morgan fingerprint density at radius 3 is 2.81 bits per heavy atom. The zero-order valence-corrected chi connectivity index (χ0v) is 20.0. The number of benzene rings is 3. The Kier molecular flexibility index (Phi) is 6.44. The summed E-state index contributed by atoms with van der Waals surface area (Å²) in [6, 6.07) is 19.5. The van der Waals surface area contributed by atoms with Crippen molar-refractivity contribution in [3.8, 4) is 35.4 Å². The summed E-state index contributed by atoms with van der Waals surface area (Å²) in [6.45, 7) is 2.44. The Bertz CT molecular complexity index is 1710. The molecule has 0 radical (unpaired) electrons. The number of halogens is 1. The van der Waals surface area contributed by atoms with Crippen LogP contribution in [0.15, 0.2) is 81.0 Å². The maximum absolute atomic E-state index is 13.4. The lowest BCUT2D eigenvalue weighted by atomic mass is 10.2. The van der Waals surface area contributed by atoms with Crippen LogP contribution in [0.1, 0.15) is 12.5 Å². The van der Waals surface area contributed by atoms with Gasteiger partial charge in [-0.3, -0.25) is 4.79 Å². The predicted molar refractivity (Wildman–Crippen MR) is 141 cm³/mol. The van der Waals surface area contributed by atoms with Crippen molar-refractivity contribution in [1.29, 1.82) is 0 Å². The van der Waals surface area contributed by atoms with Gasteiger partial charge in [0, 0.05) is 10.4 Å². The van der Waals surface area contributed by atoms with E-state index in [9.17, 15) is 4.79 Å². The SMILES string of the molecule is C#CCOc1ccc(C=Nn2c(-c3cc4cc(Cl)ccc4o3)nc3ccccc3c2=O)cc1OCC. The zero-order valence-electron chi connectivity index (χ0n) is 19.3. The number of terminal acetylenes is 1. The molecule has 2 heterocycles. The van der Waals surface area contributed by atoms with Crippen LogP contribution in [-0.2, 0) is 0 Å². The largest absolute Gasteiger partial charge is 0.490 e. The van der Waals surface area contributed by atoms with E-state index in [1.54, 1.807) is 66.9 Å². The molecule has 0 atom stereocenters. The molecule has 0 saturated heterocycles. The number of hydrogen-bond donors (Lipinski definition) is 0. The Balaban J connectivity index is 1.63. The van der Waals surface area contributed by atoms with Crippen molar-refractivity contribution in [3.05, 3.63) is 87.7 Å². The number of aromatic nitrogens is 2. The second kappa shape index (κ2) is 9.98. The first kappa shape index (κ1) is 23.2. The van der Waals surface area contributed by atoms with Gasteiger partial charge in [0.2, 0.25) is 5.82 Å². The maximum atomic E-state index is 13.4. The van der Waals surface area contributed by atoms with Crippen LogP contribution in [0.5, 0.6) is 11.5 Å². The van der Waals surface area contributed by atoms with E-state index in [0.717, 1.165) is 5.39 Å². The number of furan rings is 1. The van der Waals surface area contributed by atoms with E-state index >= 15 is 0 Å². The van der Waals surface area contributed by atoms with Crippen LogP contribution in [0, 0.1) is 12.3 Å². The minimum absolute atomic E-state index is 0.123. The Morgan fingerprint density at radius 1 is 1.11 bits per heavy atom. The summed E-state index contributed by atoms with van der Waals surface area (Å²) >= 11 is 6.14. The lowest BCUT2D eigenvalue weighted by Crippen LogP contribution is -2.20. The Morgan fingerprint density at radius 2 is 1.97 bits per heavy atom. The van der Waals surface area contributed by atoms with Gasteiger partial charge in [-0.2, -0.15) is 9.78 Å². The van der Waals surface area contributed by atoms with Crippen LogP contribution in [0.2, 0.25) is 5.02 Å². The molecule has 0 N–H and O–H groups in total. The van der Waals surface area contributed by atoms with Gasteiger partial charge in [-0.25, -0.2) is 4.98 Å². The van der Waals surface area contributed by atoms with Gasteiger partial charge in [-0.15, -0.1) is 6.42 Å². The van der Waals surface area contributed by atoms with Crippen LogP contribution < -0.4 is 15.0 Å². The molecule has 0 aliphatic carbocycles. The van der Waals surface area contributed by atoms with Crippen molar-refractivity contribution >= 4 is 39.7 Å². The van der Waals surface area contributed by atoms with Crippen molar-refractivity contribution in [2.45, 2.75) is 6.92 Å². The number of rotatable bonds is 7. The Labute approximate surface area is 211 Å². The van der Waals surface area contributed by atoms with E-state index in [1.165, 1.54) is 4.68 Å². The fourth-order valence-corrected chi connectivity index (χ4v) is 3.93. The van der Waals surface area contributed by atoms with Gasteiger partial charge in [-0.05, 0) is 67.1 Å². The average Bonchev–Trinajstić information content (AvgIpc) is 3.31. The first-order chi connectivity index (χ1) is 17.6. The predicted octanol–water partition coefficient (Wildman–Crippen LogP) is 5.76. The summed E-state index contributed by atoms with van der Waals surface area (Å²) < 4.78 is 18.5. The van der Waals surface area contributed by atoms with Gasteiger partial charge in [0.15, 0.2) is 17.3 Å². The quantitative estimate of drug-likeness (QED) is 0.211. The average molecular weight is 498 g/mol. The molecule has 7 nitrogen and oxygen atoms in total. The van der Waals surface area contributed by atoms with E-state index in [1.807, 2.05) is 13.0 Å². The molecule has 178 valence electrons. The number of hydrogen-bond acceptors (Lipinski definition) is 6. The zero-order chi connectivity index (χ0) is 25.1. The Hall–Kier alpha value is -4.54. The summed E-state index contributed by atoms with van der Waals surface area (Å²) in [4.78, 5) is 18.1. The molecule has 8 heteroatoms. The molecule has 0 aliphatic heterocycles. The summed E-state index contributed by atoms with van der Waals surface area (Å²) in [5, 5.41) is 6.29. The molecule has 0 spiro atoms. The molecule has 0 unspecified atom stereocenters. The van der Waals surface area contributed by atoms with E-state index in [0.29, 0.717) is 50.9 Å². The second-order valence-corrected chi connectivity index (χ2v) is 8.18. The first-order valence-corrected chi connectivity index (χ1v) is 11.5. The first-order valence-electron chi connectivity index (χ1n) is 11.2. The second-order valence-electron chi connectivity index (χ2n) is 7.74. The van der Waals surface area contributed by atoms with Crippen molar-refractivity contribution < 1.29 is 13.9 Å². The molecule has 2 aromatic heterocycles. The van der Waals surface area contributed by atoms with Crippen molar-refractivity contribution in [2.24, 2.45) is 5.10 Å². The highest BCUT2D eigenvalue weighted by Crippen LogP contribution is 2.30. The monoisotopic (exact) mass is 497 g/mol. The molecular formula is C28H20ClN3O4. The molecule has 3 aromatic carbocycles. The van der Waals surface area contributed by atoms with E-state index in [4.69, 9.17) is 36.9 Å². The van der Waals surface area contributed by atoms with Crippen LogP contribution in [0.3, 0.4) is 0 Å². The summed E-state index contributed by atoms with van der Waals surface area (Å²) in [6.07, 6.45) is 6.85. The van der Waals surface area contributed by atoms with Crippen molar-refractivity contribution in [3.63, 3.8) is 0 Å². The summed E-state index contributed by atoms with van der Waals surface area (Å²) in [5.74, 6) is 4.14. The summed E-state index contributed by atoms with van der Waals surface area (Å²) in [7, 11) is 0. The van der Waals surface area contributed by atoms with Gasteiger partial charge in [-0.1, -0.05) is 29.7 Å². The third kappa shape index (κ3) is 4.54. The molecule has 36 heavy (non-hydrogen) atoms. The molecule has 0 amide bonds.